The third-order valence-corrected chi connectivity index (χ3v) is 4.28. The minimum atomic E-state index is -0.0977. The van der Waals surface area contributed by atoms with Crippen LogP contribution in [0.25, 0.3) is 0 Å². The van der Waals surface area contributed by atoms with Crippen LogP contribution in [0.3, 0.4) is 0 Å². The van der Waals surface area contributed by atoms with Gasteiger partial charge in [0, 0.05) is 32.7 Å². The third-order valence-electron chi connectivity index (χ3n) is 3.70. The Morgan fingerprint density at radius 2 is 2.00 bits per heavy atom. The molecule has 0 amide bonds. The molecule has 0 aliphatic carbocycles. The Kier molecular flexibility index (Phi) is 5.37. The van der Waals surface area contributed by atoms with Crippen molar-refractivity contribution in [3.63, 3.8) is 0 Å². The van der Waals surface area contributed by atoms with Gasteiger partial charge in [-0.25, -0.2) is 4.39 Å². The lowest BCUT2D eigenvalue weighted by Crippen LogP contribution is -2.44. The molecule has 1 heterocycles. The van der Waals surface area contributed by atoms with E-state index in [1.54, 1.807) is 0 Å². The van der Waals surface area contributed by atoms with Gasteiger partial charge in [0.15, 0.2) is 0 Å². The molecule has 0 aromatic heterocycles. The molecule has 2 nitrogen and oxygen atoms in total. The smallest absolute Gasteiger partial charge is 0.140 e. The molecule has 4 heteroatoms. The molecule has 2 rings (SSSR count). The first-order chi connectivity index (χ1) is 9.08. The van der Waals surface area contributed by atoms with Crippen molar-refractivity contribution in [2.45, 2.75) is 26.2 Å². The van der Waals surface area contributed by atoms with Crippen molar-refractivity contribution in [3.05, 3.63) is 33.5 Å². The maximum absolute atomic E-state index is 14.1. The lowest BCUT2D eigenvalue weighted by Gasteiger charge is -2.27. The molecule has 1 aliphatic heterocycles. The van der Waals surface area contributed by atoms with Crippen LogP contribution in [0.15, 0.2) is 16.6 Å². The van der Waals surface area contributed by atoms with Crippen molar-refractivity contribution in [3.8, 4) is 0 Å². The number of hydrogen-bond donors (Lipinski definition) is 1. The predicted molar refractivity (Wildman–Crippen MR) is 81.2 cm³/mol. The summed E-state index contributed by atoms with van der Waals surface area (Å²) in [4.78, 5) is 2.39. The van der Waals surface area contributed by atoms with Gasteiger partial charge < -0.3 is 10.2 Å². The zero-order valence-corrected chi connectivity index (χ0v) is 13.3. The highest BCUT2D eigenvalue weighted by Gasteiger charge is 2.14. The molecule has 0 spiro atoms. The average Bonchev–Trinajstić information content (AvgIpc) is 2.41. The molecule has 106 valence electrons. The third kappa shape index (κ3) is 4.01. The Labute approximate surface area is 123 Å². The van der Waals surface area contributed by atoms with Gasteiger partial charge in [-0.15, -0.1) is 0 Å². The molecule has 1 aromatic rings. The molecule has 0 radical (unpaired) electrons. The van der Waals surface area contributed by atoms with Gasteiger partial charge in [0.05, 0.1) is 4.47 Å². The standard InChI is InChI=1S/C15H22BrFN2/c1-11(2)13-9-12(15(17)14(16)10-13)3-6-19-7-4-18-5-8-19/h9-11,18H,3-8H2,1-2H3. The van der Waals surface area contributed by atoms with E-state index in [2.05, 4.69) is 40.0 Å². The first kappa shape index (κ1) is 14.9. The van der Waals surface area contributed by atoms with Crippen molar-refractivity contribution in [2.24, 2.45) is 0 Å². The molecule has 1 N–H and O–H groups in total. The van der Waals surface area contributed by atoms with E-state index in [4.69, 9.17) is 0 Å². The summed E-state index contributed by atoms with van der Waals surface area (Å²) in [6.07, 6.45) is 0.783. The monoisotopic (exact) mass is 328 g/mol. The van der Waals surface area contributed by atoms with Gasteiger partial charge >= 0.3 is 0 Å². The van der Waals surface area contributed by atoms with Gasteiger partial charge in [-0.3, -0.25) is 0 Å². The van der Waals surface area contributed by atoms with Gasteiger partial charge in [-0.2, -0.15) is 0 Å². The molecule has 1 aromatic carbocycles. The maximum Gasteiger partial charge on any atom is 0.140 e. The van der Waals surface area contributed by atoms with Crippen LogP contribution >= 0.6 is 15.9 Å². The topological polar surface area (TPSA) is 15.3 Å². The first-order valence-electron chi connectivity index (χ1n) is 6.99. The largest absolute Gasteiger partial charge is 0.314 e. The van der Waals surface area contributed by atoms with Crippen LogP contribution in [0.5, 0.6) is 0 Å². The highest BCUT2D eigenvalue weighted by Crippen LogP contribution is 2.26. The summed E-state index contributed by atoms with van der Waals surface area (Å²) in [5.41, 5.74) is 2.03. The summed E-state index contributed by atoms with van der Waals surface area (Å²) in [5.74, 6) is 0.328. The van der Waals surface area contributed by atoms with Gasteiger partial charge in [0.2, 0.25) is 0 Å². The molecular formula is C15H22BrFN2. The fourth-order valence-corrected chi connectivity index (χ4v) is 2.92. The predicted octanol–water partition coefficient (Wildman–Crippen LogP) is 3.16. The summed E-state index contributed by atoms with van der Waals surface area (Å²) in [7, 11) is 0. The average molecular weight is 329 g/mol. The first-order valence-corrected chi connectivity index (χ1v) is 7.78. The van der Waals surface area contributed by atoms with E-state index in [0.717, 1.165) is 44.7 Å². The summed E-state index contributed by atoms with van der Waals surface area (Å²) < 4.78 is 14.7. The second-order valence-corrected chi connectivity index (χ2v) is 6.33. The van der Waals surface area contributed by atoms with E-state index < -0.39 is 0 Å². The normalized spacial score (nSPS) is 17.1. The minimum absolute atomic E-state index is 0.0977. The van der Waals surface area contributed by atoms with Crippen LogP contribution in [0.1, 0.15) is 30.9 Å². The summed E-state index contributed by atoms with van der Waals surface area (Å²) in [6, 6.07) is 3.92. The molecule has 1 fully saturated rings. The lowest BCUT2D eigenvalue weighted by atomic mass is 9.99. The number of nitrogens with zero attached hydrogens (tertiary/aromatic N) is 1. The highest BCUT2D eigenvalue weighted by atomic mass is 79.9. The fourth-order valence-electron chi connectivity index (χ4n) is 2.40. The molecule has 0 unspecified atom stereocenters. The number of benzene rings is 1. The number of hydrogen-bond acceptors (Lipinski definition) is 2. The van der Waals surface area contributed by atoms with Gasteiger partial charge in [0.1, 0.15) is 5.82 Å². The molecular weight excluding hydrogens is 307 g/mol. The van der Waals surface area contributed by atoms with Crippen molar-refractivity contribution >= 4 is 15.9 Å². The number of halogens is 2. The van der Waals surface area contributed by atoms with E-state index in [1.165, 1.54) is 5.56 Å². The Hall–Kier alpha value is -0.450. The lowest BCUT2D eigenvalue weighted by molar-refractivity contribution is 0.243. The Morgan fingerprint density at radius 3 is 2.63 bits per heavy atom. The van der Waals surface area contributed by atoms with Crippen LogP contribution in [0, 0.1) is 5.82 Å². The molecule has 0 atom stereocenters. The highest BCUT2D eigenvalue weighted by molar-refractivity contribution is 9.10. The molecule has 1 aliphatic rings. The number of rotatable bonds is 4. The van der Waals surface area contributed by atoms with Crippen molar-refractivity contribution in [1.29, 1.82) is 0 Å². The fraction of sp³-hybridized carbons (Fsp3) is 0.600. The Balaban J connectivity index is 2.05. The van der Waals surface area contributed by atoms with Gasteiger partial charge in [0.25, 0.3) is 0 Å². The number of nitrogens with one attached hydrogen (secondary N) is 1. The van der Waals surface area contributed by atoms with E-state index in [0.29, 0.717) is 10.4 Å². The molecule has 0 bridgehead atoms. The quantitative estimate of drug-likeness (QED) is 0.913. The van der Waals surface area contributed by atoms with Crippen LogP contribution < -0.4 is 5.32 Å². The van der Waals surface area contributed by atoms with E-state index in [1.807, 2.05) is 12.1 Å². The molecule has 0 saturated carbocycles. The minimum Gasteiger partial charge on any atom is -0.314 e. The SMILES string of the molecule is CC(C)c1cc(Br)c(F)c(CCN2CCNCC2)c1. The Morgan fingerprint density at radius 1 is 1.32 bits per heavy atom. The number of piperazine rings is 1. The van der Waals surface area contributed by atoms with E-state index >= 15 is 0 Å². The molecule has 1 saturated heterocycles. The van der Waals surface area contributed by atoms with Crippen LogP contribution in [0.4, 0.5) is 4.39 Å². The second-order valence-electron chi connectivity index (χ2n) is 5.47. The van der Waals surface area contributed by atoms with Gasteiger partial charge in [-0.05, 0) is 45.5 Å². The summed E-state index contributed by atoms with van der Waals surface area (Å²) in [6.45, 7) is 9.42. The summed E-state index contributed by atoms with van der Waals surface area (Å²) >= 11 is 3.33. The van der Waals surface area contributed by atoms with Crippen molar-refractivity contribution in [1.82, 2.24) is 10.2 Å². The van der Waals surface area contributed by atoms with Crippen LogP contribution in [-0.4, -0.2) is 37.6 Å². The Bertz CT molecular complexity index is 428. The maximum atomic E-state index is 14.1. The van der Waals surface area contributed by atoms with Crippen molar-refractivity contribution < 1.29 is 4.39 Å². The zero-order chi connectivity index (χ0) is 13.8. The van der Waals surface area contributed by atoms with Crippen LogP contribution in [0.2, 0.25) is 0 Å². The van der Waals surface area contributed by atoms with E-state index in [-0.39, 0.29) is 5.82 Å². The van der Waals surface area contributed by atoms with Gasteiger partial charge in [-0.1, -0.05) is 19.9 Å². The molecule has 19 heavy (non-hydrogen) atoms. The summed E-state index contributed by atoms with van der Waals surface area (Å²) in [5, 5.41) is 3.33. The van der Waals surface area contributed by atoms with Crippen molar-refractivity contribution in [2.75, 3.05) is 32.7 Å². The second kappa shape index (κ2) is 6.82. The van der Waals surface area contributed by atoms with Crippen LogP contribution in [-0.2, 0) is 6.42 Å². The zero-order valence-electron chi connectivity index (χ0n) is 11.7. The van der Waals surface area contributed by atoms with E-state index in [9.17, 15) is 4.39 Å².